The van der Waals surface area contributed by atoms with Gasteiger partial charge in [0.25, 0.3) is 5.91 Å². The third-order valence-electron chi connectivity index (χ3n) is 8.92. The van der Waals surface area contributed by atoms with E-state index in [4.69, 9.17) is 14.6 Å². The van der Waals surface area contributed by atoms with Crippen molar-refractivity contribution in [3.8, 4) is 11.5 Å². The largest absolute Gasteiger partial charge is 0.497 e. The third kappa shape index (κ3) is 6.20. The molecule has 2 heterocycles. The van der Waals surface area contributed by atoms with Crippen molar-refractivity contribution < 1.29 is 27.8 Å². The maximum Gasteiger partial charge on any atom is 0.257 e. The molecule has 3 aromatic rings. The highest BCUT2D eigenvalue weighted by Crippen LogP contribution is 2.44. The molecule has 0 radical (unpaired) electrons. The zero-order valence-corrected chi connectivity index (χ0v) is 25.6. The van der Waals surface area contributed by atoms with Gasteiger partial charge < -0.3 is 14.4 Å². The lowest BCUT2D eigenvalue weighted by molar-refractivity contribution is -0.135. The number of hydrazone groups is 1. The minimum atomic E-state index is -0.498. The van der Waals surface area contributed by atoms with Crippen molar-refractivity contribution in [3.05, 3.63) is 95.1 Å². The van der Waals surface area contributed by atoms with E-state index < -0.39 is 12.1 Å². The SMILES string of the molecule is COc1cc(OC)cc(N2CCC(N(C)CC(=O)N3N=C4/C(=C\c5ccc(F)cc5)CCCC4C3c3ccc(F)cc3)C2=O)c1. The van der Waals surface area contributed by atoms with Gasteiger partial charge >= 0.3 is 0 Å². The Morgan fingerprint density at radius 1 is 0.978 bits per heavy atom. The number of likely N-dealkylation sites (N-methyl/N-ethyl adjacent to an activating group) is 1. The van der Waals surface area contributed by atoms with E-state index >= 15 is 0 Å². The summed E-state index contributed by atoms with van der Waals surface area (Å²) in [6.45, 7) is 0.464. The number of benzene rings is 3. The van der Waals surface area contributed by atoms with Gasteiger partial charge in [-0.1, -0.05) is 24.3 Å². The lowest BCUT2D eigenvalue weighted by Gasteiger charge is -2.31. The Bertz CT molecular complexity index is 1620. The number of allylic oxidation sites excluding steroid dienone is 1. The second-order valence-corrected chi connectivity index (χ2v) is 11.7. The van der Waals surface area contributed by atoms with Crippen molar-refractivity contribution in [1.29, 1.82) is 0 Å². The monoisotopic (exact) mass is 614 g/mol. The van der Waals surface area contributed by atoms with Crippen molar-refractivity contribution >= 4 is 29.3 Å². The Morgan fingerprint density at radius 3 is 2.27 bits per heavy atom. The van der Waals surface area contributed by atoms with E-state index in [9.17, 15) is 18.4 Å². The van der Waals surface area contributed by atoms with Gasteiger partial charge in [0.05, 0.1) is 44.2 Å². The molecule has 3 aromatic carbocycles. The second kappa shape index (κ2) is 12.8. The van der Waals surface area contributed by atoms with Crippen LogP contribution in [-0.4, -0.2) is 67.8 Å². The van der Waals surface area contributed by atoms with E-state index in [1.165, 1.54) is 29.3 Å². The quantitative estimate of drug-likeness (QED) is 0.319. The molecule has 10 heteroatoms. The summed E-state index contributed by atoms with van der Waals surface area (Å²) in [6.07, 6.45) is 5.06. The van der Waals surface area contributed by atoms with Gasteiger partial charge in [0.2, 0.25) is 5.91 Å². The molecule has 45 heavy (non-hydrogen) atoms. The van der Waals surface area contributed by atoms with Crippen LogP contribution < -0.4 is 14.4 Å². The molecule has 0 aromatic heterocycles. The number of halogens is 2. The predicted molar refractivity (Wildman–Crippen MR) is 168 cm³/mol. The van der Waals surface area contributed by atoms with Gasteiger partial charge in [-0.3, -0.25) is 14.5 Å². The third-order valence-corrected chi connectivity index (χ3v) is 8.92. The zero-order valence-electron chi connectivity index (χ0n) is 25.6. The minimum Gasteiger partial charge on any atom is -0.497 e. The normalized spacial score (nSPS) is 22.2. The number of carbonyl (C=O) groups is 2. The van der Waals surface area contributed by atoms with Crippen LogP contribution in [0.15, 0.2) is 77.4 Å². The van der Waals surface area contributed by atoms with Gasteiger partial charge in [-0.2, -0.15) is 5.10 Å². The number of hydrogen-bond acceptors (Lipinski definition) is 6. The van der Waals surface area contributed by atoms with Gasteiger partial charge in [0, 0.05) is 30.7 Å². The van der Waals surface area contributed by atoms with Gasteiger partial charge in [-0.15, -0.1) is 0 Å². The van der Waals surface area contributed by atoms with Crippen molar-refractivity contribution in [2.24, 2.45) is 11.0 Å². The molecule has 3 unspecified atom stereocenters. The number of rotatable bonds is 8. The summed E-state index contributed by atoms with van der Waals surface area (Å²) in [6, 6.07) is 16.9. The maximum absolute atomic E-state index is 14.0. The van der Waals surface area contributed by atoms with Crippen molar-refractivity contribution in [3.63, 3.8) is 0 Å². The number of carbonyl (C=O) groups excluding carboxylic acids is 2. The van der Waals surface area contributed by atoms with E-state index in [2.05, 4.69) is 0 Å². The fourth-order valence-corrected chi connectivity index (χ4v) is 6.63. The van der Waals surface area contributed by atoms with Crippen LogP contribution in [0.25, 0.3) is 6.08 Å². The van der Waals surface area contributed by atoms with Crippen LogP contribution in [0.3, 0.4) is 0 Å². The molecule has 1 aliphatic carbocycles. The van der Waals surface area contributed by atoms with E-state index in [1.54, 1.807) is 73.5 Å². The summed E-state index contributed by atoms with van der Waals surface area (Å²) < 4.78 is 38.2. The van der Waals surface area contributed by atoms with E-state index in [1.807, 2.05) is 6.08 Å². The Kier molecular flexibility index (Phi) is 8.67. The molecule has 2 fully saturated rings. The lowest BCUT2D eigenvalue weighted by atomic mass is 9.77. The van der Waals surface area contributed by atoms with Crippen LogP contribution >= 0.6 is 0 Å². The fourth-order valence-electron chi connectivity index (χ4n) is 6.63. The molecular formula is C35H36F2N4O4. The van der Waals surface area contributed by atoms with Crippen LogP contribution in [0.4, 0.5) is 14.5 Å². The first kappa shape index (κ1) is 30.5. The number of anilines is 1. The van der Waals surface area contributed by atoms with E-state index in [0.29, 0.717) is 30.2 Å². The summed E-state index contributed by atoms with van der Waals surface area (Å²) in [5, 5.41) is 6.42. The van der Waals surface area contributed by atoms with Gasteiger partial charge in [0.15, 0.2) is 0 Å². The molecular weight excluding hydrogens is 578 g/mol. The molecule has 2 aliphatic heterocycles. The summed E-state index contributed by atoms with van der Waals surface area (Å²) in [5.74, 6) is 0.0784. The Hall–Kier alpha value is -4.57. The topological polar surface area (TPSA) is 74.7 Å². The van der Waals surface area contributed by atoms with Gasteiger partial charge in [0.1, 0.15) is 23.1 Å². The molecule has 3 aliphatic rings. The highest BCUT2D eigenvalue weighted by molar-refractivity contribution is 6.08. The number of fused-ring (bicyclic) bond motifs is 1. The van der Waals surface area contributed by atoms with Crippen LogP contribution in [-0.2, 0) is 9.59 Å². The second-order valence-electron chi connectivity index (χ2n) is 11.7. The van der Waals surface area contributed by atoms with Crippen LogP contribution in [0.2, 0.25) is 0 Å². The first-order valence-electron chi connectivity index (χ1n) is 15.1. The first-order chi connectivity index (χ1) is 21.7. The van der Waals surface area contributed by atoms with Crippen LogP contribution in [0, 0.1) is 17.6 Å². The van der Waals surface area contributed by atoms with Crippen LogP contribution in [0.5, 0.6) is 11.5 Å². The molecule has 0 bridgehead atoms. The van der Waals surface area contributed by atoms with Gasteiger partial charge in [-0.05, 0) is 79.8 Å². The van der Waals surface area contributed by atoms with Crippen molar-refractivity contribution in [1.82, 2.24) is 9.91 Å². The summed E-state index contributed by atoms with van der Waals surface area (Å²) >= 11 is 0. The van der Waals surface area contributed by atoms with Crippen molar-refractivity contribution in [2.45, 2.75) is 37.8 Å². The average Bonchev–Trinajstić information content (AvgIpc) is 3.64. The molecule has 0 N–H and O–H groups in total. The lowest BCUT2D eigenvalue weighted by Crippen LogP contribution is -2.45. The fraction of sp³-hybridized carbons (Fsp3) is 0.343. The van der Waals surface area contributed by atoms with Gasteiger partial charge in [-0.25, -0.2) is 13.8 Å². The summed E-state index contributed by atoms with van der Waals surface area (Å²) in [4.78, 5) is 31.1. The molecule has 1 saturated heterocycles. The molecule has 8 nitrogen and oxygen atoms in total. The highest BCUT2D eigenvalue weighted by atomic mass is 19.1. The number of amides is 2. The van der Waals surface area contributed by atoms with E-state index in [-0.39, 0.29) is 35.9 Å². The standard InChI is InChI=1S/C35H36F2N4O4/c1-39(31-15-16-40(35(31)43)27-18-28(44-2)20-29(19-27)45-3)21-32(42)41-34(23-9-13-26(37)14-10-23)30-6-4-5-24(33(30)38-41)17-22-7-11-25(36)12-8-22/h7-14,17-20,30-31,34H,4-6,15-16,21H2,1-3H3/b24-17-. The minimum absolute atomic E-state index is 0.0239. The number of ether oxygens (including phenoxy) is 2. The Morgan fingerprint density at radius 2 is 1.62 bits per heavy atom. The smallest absolute Gasteiger partial charge is 0.257 e. The molecule has 1 saturated carbocycles. The number of hydrogen-bond donors (Lipinski definition) is 0. The maximum atomic E-state index is 14.0. The zero-order chi connectivity index (χ0) is 31.7. The Balaban J connectivity index is 1.25. The molecule has 2 amide bonds. The molecule has 3 atom stereocenters. The van der Waals surface area contributed by atoms with E-state index in [0.717, 1.165) is 41.7 Å². The molecule has 234 valence electrons. The molecule has 0 spiro atoms. The van der Waals surface area contributed by atoms with Crippen molar-refractivity contribution in [2.75, 3.05) is 39.3 Å². The predicted octanol–water partition coefficient (Wildman–Crippen LogP) is 5.84. The summed E-state index contributed by atoms with van der Waals surface area (Å²) in [7, 11) is 4.90. The Labute approximate surface area is 261 Å². The summed E-state index contributed by atoms with van der Waals surface area (Å²) in [5.41, 5.74) is 4.16. The molecule has 6 rings (SSSR count). The van der Waals surface area contributed by atoms with Crippen LogP contribution in [0.1, 0.15) is 42.9 Å². The number of methoxy groups -OCH3 is 2. The highest BCUT2D eigenvalue weighted by Gasteiger charge is 2.45. The number of nitrogens with zero attached hydrogens (tertiary/aromatic N) is 4. The average molecular weight is 615 g/mol. The first-order valence-corrected chi connectivity index (χ1v) is 15.1.